The number of fused-ring (bicyclic) bond motifs is 1. The number of nitrogens with zero attached hydrogens (tertiary/aromatic N) is 2. The van der Waals surface area contributed by atoms with Crippen molar-refractivity contribution in [2.24, 2.45) is 0 Å². The molecule has 1 heterocycles. The van der Waals surface area contributed by atoms with Crippen molar-refractivity contribution in [3.05, 3.63) is 106 Å². The van der Waals surface area contributed by atoms with Gasteiger partial charge in [-0.2, -0.15) is 0 Å². The molecule has 0 N–H and O–H groups in total. The fourth-order valence-corrected chi connectivity index (χ4v) is 5.59. The molecule has 0 atom stereocenters. The molecule has 7 heteroatoms. The molecule has 0 fully saturated rings. The standard InChI is InChI=1S/C28H19BrClFN2OS/c1-34-23-15-21(18-10-6-3-7-11-18)26(30)27(31)25(23)24-20-13-12-19(14-22(20)32-33-28(24)29)35-16-17-8-4-2-5-9-17/h2-15H,16H2,1H3. The molecular formula is C28H19BrClFN2OS. The van der Waals surface area contributed by atoms with Gasteiger partial charge in [-0.25, -0.2) is 4.39 Å². The molecule has 1 aromatic heterocycles. The molecule has 0 spiro atoms. The normalized spacial score (nSPS) is 11.1. The van der Waals surface area contributed by atoms with Gasteiger partial charge >= 0.3 is 0 Å². The Hall–Kier alpha value is -2.93. The van der Waals surface area contributed by atoms with E-state index in [1.807, 2.05) is 66.7 Å². The minimum atomic E-state index is -0.567. The molecule has 5 aromatic rings. The number of aromatic nitrogens is 2. The van der Waals surface area contributed by atoms with Crippen molar-refractivity contribution in [1.82, 2.24) is 10.2 Å². The number of rotatable bonds is 6. The van der Waals surface area contributed by atoms with Crippen molar-refractivity contribution < 1.29 is 9.13 Å². The van der Waals surface area contributed by atoms with Crippen LogP contribution in [0.15, 0.2) is 94.4 Å². The van der Waals surface area contributed by atoms with Crippen LogP contribution >= 0.6 is 39.3 Å². The predicted molar refractivity (Wildman–Crippen MR) is 146 cm³/mol. The van der Waals surface area contributed by atoms with E-state index in [0.29, 0.717) is 27.0 Å². The number of benzene rings is 4. The molecule has 0 saturated heterocycles. The maximum atomic E-state index is 15.9. The van der Waals surface area contributed by atoms with Crippen molar-refractivity contribution in [1.29, 1.82) is 0 Å². The summed E-state index contributed by atoms with van der Waals surface area (Å²) in [6.45, 7) is 0. The number of ether oxygens (including phenoxy) is 1. The van der Waals surface area contributed by atoms with Crippen LogP contribution in [0.4, 0.5) is 4.39 Å². The summed E-state index contributed by atoms with van der Waals surface area (Å²) < 4.78 is 21.9. The van der Waals surface area contributed by atoms with Gasteiger partial charge < -0.3 is 4.74 Å². The Labute approximate surface area is 220 Å². The first-order valence-corrected chi connectivity index (χ1v) is 13.0. The molecule has 0 radical (unpaired) electrons. The first kappa shape index (κ1) is 23.8. The van der Waals surface area contributed by atoms with E-state index < -0.39 is 5.82 Å². The molecule has 0 unspecified atom stereocenters. The van der Waals surface area contributed by atoms with E-state index in [1.54, 1.807) is 17.8 Å². The second-order valence-electron chi connectivity index (χ2n) is 7.81. The summed E-state index contributed by atoms with van der Waals surface area (Å²) in [5.41, 5.74) is 4.05. The highest BCUT2D eigenvalue weighted by Gasteiger charge is 2.24. The second-order valence-corrected chi connectivity index (χ2v) is 9.99. The van der Waals surface area contributed by atoms with E-state index in [2.05, 4.69) is 38.3 Å². The van der Waals surface area contributed by atoms with Crippen molar-refractivity contribution in [2.45, 2.75) is 10.6 Å². The fourth-order valence-electron chi connectivity index (χ4n) is 3.96. The van der Waals surface area contributed by atoms with Crippen LogP contribution in [0.2, 0.25) is 5.02 Å². The Morgan fingerprint density at radius 3 is 2.34 bits per heavy atom. The Balaban J connectivity index is 1.61. The lowest BCUT2D eigenvalue weighted by Crippen LogP contribution is -1.99. The van der Waals surface area contributed by atoms with Crippen LogP contribution in [0.25, 0.3) is 33.2 Å². The number of hydrogen-bond acceptors (Lipinski definition) is 4. The zero-order chi connectivity index (χ0) is 24.4. The molecule has 0 aliphatic rings. The predicted octanol–water partition coefficient (Wildman–Crippen LogP) is 8.82. The van der Waals surface area contributed by atoms with Gasteiger partial charge in [-0.3, -0.25) is 0 Å². The van der Waals surface area contributed by atoms with Gasteiger partial charge in [0.1, 0.15) is 10.4 Å². The minimum absolute atomic E-state index is 0.0268. The maximum Gasteiger partial charge on any atom is 0.154 e. The highest BCUT2D eigenvalue weighted by atomic mass is 79.9. The summed E-state index contributed by atoms with van der Waals surface area (Å²) >= 11 is 11.7. The van der Waals surface area contributed by atoms with Gasteiger partial charge in [-0.1, -0.05) is 78.3 Å². The molecule has 0 aliphatic carbocycles. The van der Waals surface area contributed by atoms with Crippen LogP contribution in [0, 0.1) is 5.82 Å². The molecule has 3 nitrogen and oxygen atoms in total. The third kappa shape index (κ3) is 4.79. The summed E-state index contributed by atoms with van der Waals surface area (Å²) in [6.07, 6.45) is 0. The van der Waals surface area contributed by atoms with E-state index in [4.69, 9.17) is 16.3 Å². The van der Waals surface area contributed by atoms with Gasteiger partial charge in [0, 0.05) is 27.2 Å². The van der Waals surface area contributed by atoms with Crippen LogP contribution in [0.3, 0.4) is 0 Å². The van der Waals surface area contributed by atoms with E-state index in [0.717, 1.165) is 21.6 Å². The molecular weight excluding hydrogens is 547 g/mol. The smallest absolute Gasteiger partial charge is 0.154 e. The highest BCUT2D eigenvalue weighted by molar-refractivity contribution is 9.10. The van der Waals surface area contributed by atoms with Gasteiger partial charge in [-0.05, 0) is 45.3 Å². The van der Waals surface area contributed by atoms with Gasteiger partial charge in [0.05, 0.1) is 23.2 Å². The summed E-state index contributed by atoms with van der Waals surface area (Å²) in [5, 5.41) is 9.38. The van der Waals surface area contributed by atoms with E-state index in [-0.39, 0.29) is 10.6 Å². The Morgan fingerprint density at radius 1 is 0.914 bits per heavy atom. The molecule has 0 saturated carbocycles. The van der Waals surface area contributed by atoms with Crippen LogP contribution < -0.4 is 4.74 Å². The summed E-state index contributed by atoms with van der Waals surface area (Å²) in [4.78, 5) is 1.05. The highest BCUT2D eigenvalue weighted by Crippen LogP contribution is 2.46. The van der Waals surface area contributed by atoms with Crippen molar-refractivity contribution in [3.8, 4) is 28.0 Å². The van der Waals surface area contributed by atoms with Gasteiger partial charge in [-0.15, -0.1) is 22.0 Å². The number of halogens is 3. The minimum Gasteiger partial charge on any atom is -0.496 e. The van der Waals surface area contributed by atoms with E-state index in [9.17, 15) is 0 Å². The molecule has 5 rings (SSSR count). The first-order chi connectivity index (χ1) is 17.1. The largest absolute Gasteiger partial charge is 0.496 e. The average Bonchev–Trinajstić information content (AvgIpc) is 2.90. The molecule has 0 aliphatic heterocycles. The van der Waals surface area contributed by atoms with Crippen LogP contribution in [0.1, 0.15) is 5.56 Å². The topological polar surface area (TPSA) is 35.0 Å². The molecule has 0 bridgehead atoms. The number of hydrogen-bond donors (Lipinski definition) is 0. The lowest BCUT2D eigenvalue weighted by molar-refractivity contribution is 0.413. The zero-order valence-corrected chi connectivity index (χ0v) is 21.8. The summed E-state index contributed by atoms with van der Waals surface area (Å²) in [5.74, 6) is 0.632. The average molecular weight is 566 g/mol. The Kier molecular flexibility index (Phi) is 7.04. The summed E-state index contributed by atoms with van der Waals surface area (Å²) in [6, 6.07) is 27.4. The van der Waals surface area contributed by atoms with Gasteiger partial charge in [0.2, 0.25) is 0 Å². The van der Waals surface area contributed by atoms with Crippen molar-refractivity contribution >= 4 is 50.2 Å². The Morgan fingerprint density at radius 2 is 1.63 bits per heavy atom. The van der Waals surface area contributed by atoms with Gasteiger partial charge in [0.25, 0.3) is 0 Å². The van der Waals surface area contributed by atoms with Crippen LogP contribution in [-0.4, -0.2) is 17.3 Å². The van der Waals surface area contributed by atoms with Crippen molar-refractivity contribution in [3.63, 3.8) is 0 Å². The van der Waals surface area contributed by atoms with Crippen LogP contribution in [-0.2, 0) is 5.75 Å². The lowest BCUT2D eigenvalue weighted by Gasteiger charge is -2.17. The van der Waals surface area contributed by atoms with E-state index in [1.165, 1.54) is 12.7 Å². The monoisotopic (exact) mass is 564 g/mol. The van der Waals surface area contributed by atoms with Crippen LogP contribution in [0.5, 0.6) is 5.75 Å². The molecule has 4 aromatic carbocycles. The van der Waals surface area contributed by atoms with Gasteiger partial charge in [0.15, 0.2) is 5.82 Å². The summed E-state index contributed by atoms with van der Waals surface area (Å²) in [7, 11) is 1.52. The number of thioether (sulfide) groups is 1. The lowest BCUT2D eigenvalue weighted by atomic mass is 9.97. The second kappa shape index (κ2) is 10.4. The molecule has 35 heavy (non-hydrogen) atoms. The number of methoxy groups -OCH3 is 1. The molecule has 0 amide bonds. The quantitative estimate of drug-likeness (QED) is 0.193. The van der Waals surface area contributed by atoms with E-state index >= 15 is 4.39 Å². The maximum absolute atomic E-state index is 15.9. The third-order valence-electron chi connectivity index (χ3n) is 5.66. The SMILES string of the molecule is COc1cc(-c2ccccc2)c(Cl)c(F)c1-c1c(Br)nnc2cc(SCc3ccccc3)ccc12. The fraction of sp³-hybridized carbons (Fsp3) is 0.0714. The third-order valence-corrected chi connectivity index (χ3v) is 7.65. The molecule has 174 valence electrons. The first-order valence-electron chi connectivity index (χ1n) is 10.8. The van der Waals surface area contributed by atoms with Crippen molar-refractivity contribution in [2.75, 3.05) is 7.11 Å². The zero-order valence-electron chi connectivity index (χ0n) is 18.6. The Bertz CT molecular complexity index is 1520.